The number of aromatic nitrogens is 1. The van der Waals surface area contributed by atoms with E-state index in [0.717, 1.165) is 11.5 Å². The number of ether oxygens (including phenoxy) is 1. The summed E-state index contributed by atoms with van der Waals surface area (Å²) >= 11 is 6.43. The van der Waals surface area contributed by atoms with Gasteiger partial charge in [-0.15, -0.1) is 0 Å². The smallest absolute Gasteiger partial charge is 0.312 e. The van der Waals surface area contributed by atoms with Crippen molar-refractivity contribution in [3.8, 4) is 22.8 Å². The number of piperidine rings is 2. The highest BCUT2D eigenvalue weighted by Gasteiger charge is 2.43. The Morgan fingerprint density at radius 1 is 1.09 bits per heavy atom. The molecule has 10 nitrogen and oxygen atoms in total. The Bertz CT molecular complexity index is 1830. The predicted octanol–water partition coefficient (Wildman–Crippen LogP) is 5.62. The Hall–Kier alpha value is -4.28. The molecule has 0 saturated carbocycles. The minimum Gasteiger partial charge on any atom is -0.507 e. The van der Waals surface area contributed by atoms with Crippen LogP contribution in [-0.4, -0.2) is 79.5 Å². The number of carbonyl (C=O) groups is 1. The van der Waals surface area contributed by atoms with Crippen LogP contribution in [0.3, 0.4) is 0 Å². The van der Waals surface area contributed by atoms with Gasteiger partial charge in [0, 0.05) is 80.9 Å². The van der Waals surface area contributed by atoms with Crippen LogP contribution in [0.1, 0.15) is 37.7 Å². The Kier molecular flexibility index (Phi) is 8.60. The van der Waals surface area contributed by atoms with Gasteiger partial charge in [0.15, 0.2) is 5.43 Å². The van der Waals surface area contributed by atoms with Gasteiger partial charge in [0.25, 0.3) is 0 Å². The highest BCUT2D eigenvalue weighted by molar-refractivity contribution is 6.33. The molecule has 0 spiro atoms. The number of hydrogen-bond acceptors (Lipinski definition) is 10. The number of pyridine rings is 1. The molecule has 2 fully saturated rings. The third-order valence-corrected chi connectivity index (χ3v) is 9.77. The quantitative estimate of drug-likeness (QED) is 0.255. The molecule has 0 radical (unpaired) electrons. The van der Waals surface area contributed by atoms with Gasteiger partial charge < -0.3 is 34.1 Å². The topological polar surface area (TPSA) is 120 Å². The zero-order chi connectivity index (χ0) is 32.7. The summed E-state index contributed by atoms with van der Waals surface area (Å²) in [5, 5.41) is 22.3. The van der Waals surface area contributed by atoms with E-state index in [1.165, 1.54) is 12.1 Å². The van der Waals surface area contributed by atoms with E-state index in [-0.39, 0.29) is 34.2 Å². The molecule has 2 aliphatic rings. The van der Waals surface area contributed by atoms with Gasteiger partial charge >= 0.3 is 5.97 Å². The van der Waals surface area contributed by atoms with Gasteiger partial charge in [-0.25, -0.2) is 4.98 Å². The predicted molar refractivity (Wildman–Crippen MR) is 179 cm³/mol. The Morgan fingerprint density at radius 2 is 1.83 bits per heavy atom. The molecule has 242 valence electrons. The second kappa shape index (κ2) is 12.5. The lowest BCUT2D eigenvalue weighted by Crippen LogP contribution is -2.48. The molecular weight excluding hydrogens is 608 g/mol. The number of likely N-dealkylation sites (tertiary alicyclic amines) is 1. The van der Waals surface area contributed by atoms with Gasteiger partial charge in [-0.1, -0.05) is 23.7 Å². The van der Waals surface area contributed by atoms with Crippen LogP contribution >= 0.6 is 11.6 Å². The summed E-state index contributed by atoms with van der Waals surface area (Å²) in [7, 11) is 5.87. The van der Waals surface area contributed by atoms with E-state index in [2.05, 4.69) is 14.8 Å². The van der Waals surface area contributed by atoms with Gasteiger partial charge in [0.05, 0.1) is 10.4 Å². The van der Waals surface area contributed by atoms with Crippen LogP contribution in [0.5, 0.6) is 11.5 Å². The molecule has 0 aliphatic carbocycles. The second-order valence-electron chi connectivity index (χ2n) is 12.9. The van der Waals surface area contributed by atoms with Crippen molar-refractivity contribution in [2.24, 2.45) is 5.41 Å². The molecule has 46 heavy (non-hydrogen) atoms. The molecule has 2 N–H and O–H groups in total. The van der Waals surface area contributed by atoms with Crippen LogP contribution < -0.4 is 15.2 Å². The van der Waals surface area contributed by atoms with Crippen molar-refractivity contribution in [2.45, 2.75) is 38.2 Å². The number of phenolic OH excluding ortho intramolecular Hbond substituents is 2. The van der Waals surface area contributed by atoms with Crippen molar-refractivity contribution >= 4 is 40.0 Å². The van der Waals surface area contributed by atoms with Crippen molar-refractivity contribution in [2.75, 3.05) is 57.1 Å². The number of phenols is 2. The molecule has 2 aromatic carbocycles. The van der Waals surface area contributed by atoms with Gasteiger partial charge in [-0.05, 0) is 58.0 Å². The second-order valence-corrected chi connectivity index (χ2v) is 13.3. The minimum atomic E-state index is -0.697. The standard InChI is InChI=1S/C35H39ClN4O6/c1-35(11-15-40(16-12-35)21-9-13-37-30(17-21)38(2)3)34(44)46-29-20-39(4)14-10-23(29)31-25(41)18-26(42)32-27(43)19-28(45-33(31)32)22-7-5-6-8-24(22)36/h5-9,13,17-19,23,29,41-42H,10-12,14-16,20H2,1-4H3/t23-,29+/m0/s1. The number of halogens is 1. The summed E-state index contributed by atoms with van der Waals surface area (Å²) in [5.74, 6) is -0.309. The number of hydrogen-bond donors (Lipinski definition) is 2. The molecule has 0 unspecified atom stereocenters. The third kappa shape index (κ3) is 5.99. The fraction of sp³-hybridized carbons (Fsp3) is 0.400. The Balaban J connectivity index is 1.30. The van der Waals surface area contributed by atoms with Gasteiger partial charge in [-0.2, -0.15) is 0 Å². The fourth-order valence-electron chi connectivity index (χ4n) is 6.59. The summed E-state index contributed by atoms with van der Waals surface area (Å²) in [4.78, 5) is 38.0. The first-order valence-corrected chi connectivity index (χ1v) is 15.9. The number of benzene rings is 2. The first-order valence-electron chi connectivity index (χ1n) is 15.5. The van der Waals surface area contributed by atoms with E-state index in [9.17, 15) is 19.8 Å². The number of likely N-dealkylation sites (N-methyl/N-ethyl adjacent to an activating group) is 1. The van der Waals surface area contributed by atoms with Crippen LogP contribution in [0.15, 0.2) is 63.9 Å². The van der Waals surface area contributed by atoms with E-state index in [1.807, 2.05) is 45.1 Å². The minimum absolute atomic E-state index is 0.0412. The van der Waals surface area contributed by atoms with Crippen molar-refractivity contribution in [1.29, 1.82) is 0 Å². The number of nitrogens with zero attached hydrogens (tertiary/aromatic N) is 4. The number of rotatable bonds is 6. The number of anilines is 2. The summed E-state index contributed by atoms with van der Waals surface area (Å²) < 4.78 is 12.6. The first-order chi connectivity index (χ1) is 21.9. The maximum absolute atomic E-state index is 13.9. The number of esters is 1. The third-order valence-electron chi connectivity index (χ3n) is 9.44. The Labute approximate surface area is 272 Å². The summed E-state index contributed by atoms with van der Waals surface area (Å²) in [6.45, 7) is 4.43. The molecule has 2 aromatic heterocycles. The summed E-state index contributed by atoms with van der Waals surface area (Å²) in [6.07, 6.45) is 2.93. The highest BCUT2D eigenvalue weighted by Crippen LogP contribution is 2.45. The Morgan fingerprint density at radius 3 is 2.54 bits per heavy atom. The zero-order valence-corrected chi connectivity index (χ0v) is 27.3. The average molecular weight is 647 g/mol. The van der Waals surface area contributed by atoms with Crippen LogP contribution in [0.4, 0.5) is 11.5 Å². The molecule has 2 saturated heterocycles. The first kappa shape index (κ1) is 31.7. The lowest BCUT2D eigenvalue weighted by molar-refractivity contribution is -0.165. The van der Waals surface area contributed by atoms with E-state index < -0.39 is 22.9 Å². The normalized spacial score (nSPS) is 20.1. The lowest BCUT2D eigenvalue weighted by Gasteiger charge is -2.42. The average Bonchev–Trinajstić information content (AvgIpc) is 3.02. The summed E-state index contributed by atoms with van der Waals surface area (Å²) in [6, 6.07) is 13.5. The number of aromatic hydroxyl groups is 2. The van der Waals surface area contributed by atoms with E-state index in [1.54, 1.807) is 30.5 Å². The lowest BCUT2D eigenvalue weighted by atomic mass is 9.79. The molecule has 0 bridgehead atoms. The number of carbonyl (C=O) groups excluding carboxylic acids is 1. The summed E-state index contributed by atoms with van der Waals surface area (Å²) in [5.41, 5.74) is 0.797. The largest absolute Gasteiger partial charge is 0.507 e. The van der Waals surface area contributed by atoms with Crippen LogP contribution in [0, 0.1) is 5.41 Å². The zero-order valence-electron chi connectivity index (χ0n) is 26.5. The maximum Gasteiger partial charge on any atom is 0.312 e. The monoisotopic (exact) mass is 646 g/mol. The molecule has 2 atom stereocenters. The van der Waals surface area contributed by atoms with Crippen molar-refractivity contribution in [3.63, 3.8) is 0 Å². The van der Waals surface area contributed by atoms with Crippen LogP contribution in [0.25, 0.3) is 22.3 Å². The van der Waals surface area contributed by atoms with E-state index in [4.69, 9.17) is 20.8 Å². The molecule has 6 rings (SSSR count). The van der Waals surface area contributed by atoms with Crippen LogP contribution in [0.2, 0.25) is 5.02 Å². The molecule has 4 aromatic rings. The molecular formula is C35H39ClN4O6. The van der Waals surface area contributed by atoms with Crippen LogP contribution in [-0.2, 0) is 9.53 Å². The SMILES string of the molecule is CN1CC[C@H](c2c(O)cc(O)c3c(=O)cc(-c4ccccc4Cl)oc23)[C@H](OC(=O)C2(C)CCN(c3ccnc(N(C)C)c3)CC2)C1. The molecule has 4 heterocycles. The van der Waals surface area contributed by atoms with E-state index in [0.29, 0.717) is 61.6 Å². The van der Waals surface area contributed by atoms with Gasteiger partial charge in [0.2, 0.25) is 0 Å². The molecule has 11 heteroatoms. The van der Waals surface area contributed by atoms with Gasteiger partial charge in [0.1, 0.15) is 40.2 Å². The van der Waals surface area contributed by atoms with E-state index >= 15 is 0 Å². The fourth-order valence-corrected chi connectivity index (χ4v) is 6.81. The highest BCUT2D eigenvalue weighted by atomic mass is 35.5. The molecule has 0 amide bonds. The van der Waals surface area contributed by atoms with Crippen molar-refractivity contribution in [1.82, 2.24) is 9.88 Å². The van der Waals surface area contributed by atoms with Crippen molar-refractivity contribution < 1.29 is 24.2 Å². The maximum atomic E-state index is 13.9. The van der Waals surface area contributed by atoms with Crippen molar-refractivity contribution in [3.05, 3.63) is 75.5 Å². The molecule has 2 aliphatic heterocycles. The number of fused-ring (bicyclic) bond motifs is 1. The van der Waals surface area contributed by atoms with Gasteiger partial charge in [-0.3, -0.25) is 9.59 Å².